The normalized spacial score (nSPS) is 10.2. The van der Waals surface area contributed by atoms with Crippen LogP contribution >= 0.6 is 0 Å². The lowest BCUT2D eigenvalue weighted by Gasteiger charge is -1.99. The molecule has 0 aliphatic carbocycles. The SMILES string of the molecule is COC(=O)c1cc(=O)n(-c2ccc(C)nn2)[nH]1. The number of esters is 1. The van der Waals surface area contributed by atoms with Gasteiger partial charge >= 0.3 is 5.97 Å². The molecule has 7 heteroatoms. The summed E-state index contributed by atoms with van der Waals surface area (Å²) in [6.07, 6.45) is 0. The van der Waals surface area contributed by atoms with Crippen molar-refractivity contribution in [3.63, 3.8) is 0 Å². The molecule has 0 aliphatic heterocycles. The zero-order valence-electron chi connectivity index (χ0n) is 9.30. The number of hydrogen-bond donors (Lipinski definition) is 1. The van der Waals surface area contributed by atoms with Gasteiger partial charge in [-0.15, -0.1) is 5.10 Å². The number of aromatic nitrogens is 4. The smallest absolute Gasteiger partial charge is 0.356 e. The van der Waals surface area contributed by atoms with E-state index in [9.17, 15) is 9.59 Å². The Morgan fingerprint density at radius 2 is 2.18 bits per heavy atom. The molecule has 0 fully saturated rings. The first kappa shape index (κ1) is 11.1. The Morgan fingerprint density at radius 3 is 2.76 bits per heavy atom. The van der Waals surface area contributed by atoms with E-state index in [1.54, 1.807) is 19.1 Å². The maximum Gasteiger partial charge on any atom is 0.356 e. The van der Waals surface area contributed by atoms with E-state index in [4.69, 9.17) is 0 Å². The maximum absolute atomic E-state index is 11.6. The number of rotatable bonds is 2. The number of hydrogen-bond acceptors (Lipinski definition) is 5. The van der Waals surface area contributed by atoms with Gasteiger partial charge in [-0.1, -0.05) is 0 Å². The van der Waals surface area contributed by atoms with Crippen molar-refractivity contribution in [2.75, 3.05) is 7.11 Å². The van der Waals surface area contributed by atoms with Crippen LogP contribution in [0.25, 0.3) is 5.82 Å². The van der Waals surface area contributed by atoms with Crippen LogP contribution in [0.4, 0.5) is 0 Å². The lowest BCUT2D eigenvalue weighted by Crippen LogP contribution is -2.15. The highest BCUT2D eigenvalue weighted by atomic mass is 16.5. The molecule has 0 unspecified atom stereocenters. The third kappa shape index (κ3) is 2.07. The minimum Gasteiger partial charge on any atom is -0.464 e. The molecule has 17 heavy (non-hydrogen) atoms. The summed E-state index contributed by atoms with van der Waals surface area (Å²) in [5.41, 5.74) is 0.407. The van der Waals surface area contributed by atoms with Crippen molar-refractivity contribution in [3.8, 4) is 5.82 Å². The average molecular weight is 234 g/mol. The summed E-state index contributed by atoms with van der Waals surface area (Å²) in [5.74, 6) is -0.295. The summed E-state index contributed by atoms with van der Waals surface area (Å²) < 4.78 is 5.62. The first-order valence-corrected chi connectivity index (χ1v) is 4.83. The van der Waals surface area contributed by atoms with E-state index < -0.39 is 11.5 Å². The number of nitrogens with one attached hydrogen (secondary N) is 1. The summed E-state index contributed by atoms with van der Waals surface area (Å²) in [6.45, 7) is 1.79. The second kappa shape index (κ2) is 4.20. The maximum atomic E-state index is 11.6. The molecule has 0 amide bonds. The average Bonchev–Trinajstić information content (AvgIpc) is 2.71. The molecule has 0 saturated heterocycles. The van der Waals surface area contributed by atoms with Crippen molar-refractivity contribution in [1.82, 2.24) is 20.0 Å². The number of ether oxygens (including phenoxy) is 1. The highest BCUT2D eigenvalue weighted by Crippen LogP contribution is 2.01. The van der Waals surface area contributed by atoms with Gasteiger partial charge in [0.1, 0.15) is 5.69 Å². The van der Waals surface area contributed by atoms with E-state index in [0.29, 0.717) is 5.82 Å². The summed E-state index contributed by atoms with van der Waals surface area (Å²) in [7, 11) is 1.24. The van der Waals surface area contributed by atoms with Gasteiger partial charge in [0.2, 0.25) is 0 Å². The summed E-state index contributed by atoms with van der Waals surface area (Å²) >= 11 is 0. The predicted octanol–water partition coefficient (Wildman–Crippen LogP) is 0.0506. The number of nitrogens with zero attached hydrogens (tertiary/aromatic N) is 3. The molecule has 0 radical (unpaired) electrons. The second-order valence-corrected chi connectivity index (χ2v) is 3.37. The van der Waals surface area contributed by atoms with Crippen molar-refractivity contribution in [3.05, 3.63) is 39.9 Å². The molecule has 2 heterocycles. The zero-order valence-corrected chi connectivity index (χ0v) is 9.30. The van der Waals surface area contributed by atoms with E-state index in [0.717, 1.165) is 16.4 Å². The highest BCUT2D eigenvalue weighted by molar-refractivity contribution is 5.86. The molecule has 1 N–H and O–H groups in total. The summed E-state index contributed by atoms with van der Waals surface area (Å²) in [4.78, 5) is 22.8. The molecule has 0 spiro atoms. The molecule has 0 aromatic carbocycles. The minimum absolute atomic E-state index is 0.0693. The lowest BCUT2D eigenvalue weighted by molar-refractivity contribution is 0.0593. The summed E-state index contributed by atoms with van der Waals surface area (Å²) in [6, 6.07) is 4.49. The topological polar surface area (TPSA) is 89.9 Å². The number of aryl methyl sites for hydroxylation is 1. The van der Waals surface area contributed by atoms with Crippen LogP contribution in [-0.4, -0.2) is 33.1 Å². The minimum atomic E-state index is -0.610. The van der Waals surface area contributed by atoms with Crippen LogP contribution in [0, 0.1) is 6.92 Å². The van der Waals surface area contributed by atoms with E-state index >= 15 is 0 Å². The van der Waals surface area contributed by atoms with Crippen LogP contribution in [0.1, 0.15) is 16.2 Å². The van der Waals surface area contributed by atoms with Gasteiger partial charge in [0.15, 0.2) is 5.82 Å². The van der Waals surface area contributed by atoms with E-state index in [1.807, 2.05) is 0 Å². The Labute approximate surface area is 96.0 Å². The Kier molecular flexibility index (Phi) is 2.73. The van der Waals surface area contributed by atoms with Gasteiger partial charge in [-0.05, 0) is 19.1 Å². The molecule has 0 saturated carbocycles. The number of carbonyl (C=O) groups is 1. The van der Waals surface area contributed by atoms with E-state index in [1.165, 1.54) is 7.11 Å². The third-order valence-electron chi connectivity index (χ3n) is 2.14. The fourth-order valence-electron chi connectivity index (χ4n) is 1.29. The van der Waals surface area contributed by atoms with Gasteiger partial charge in [0.25, 0.3) is 5.56 Å². The van der Waals surface area contributed by atoms with Crippen LogP contribution in [-0.2, 0) is 4.74 Å². The monoisotopic (exact) mass is 234 g/mol. The zero-order chi connectivity index (χ0) is 12.4. The molecule has 0 atom stereocenters. The first-order valence-electron chi connectivity index (χ1n) is 4.83. The third-order valence-corrected chi connectivity index (χ3v) is 2.14. The molecule has 2 aromatic heterocycles. The van der Waals surface area contributed by atoms with E-state index in [2.05, 4.69) is 20.0 Å². The van der Waals surface area contributed by atoms with Crippen LogP contribution < -0.4 is 5.56 Å². The van der Waals surface area contributed by atoms with Crippen LogP contribution in [0.15, 0.2) is 23.0 Å². The molecule has 0 bridgehead atoms. The summed E-state index contributed by atoms with van der Waals surface area (Å²) in [5, 5.41) is 10.3. The largest absolute Gasteiger partial charge is 0.464 e. The van der Waals surface area contributed by atoms with Crippen molar-refractivity contribution < 1.29 is 9.53 Å². The number of aromatic amines is 1. The van der Waals surface area contributed by atoms with Crippen LogP contribution in [0.5, 0.6) is 0 Å². The van der Waals surface area contributed by atoms with Gasteiger partial charge in [-0.25, -0.2) is 4.79 Å². The van der Waals surface area contributed by atoms with Gasteiger partial charge < -0.3 is 4.74 Å². The van der Waals surface area contributed by atoms with Crippen molar-refractivity contribution in [2.45, 2.75) is 6.92 Å². The van der Waals surface area contributed by atoms with Gasteiger partial charge in [0, 0.05) is 6.07 Å². The van der Waals surface area contributed by atoms with E-state index in [-0.39, 0.29) is 5.69 Å². The van der Waals surface area contributed by atoms with Gasteiger partial charge in [-0.2, -0.15) is 9.78 Å². The molecule has 88 valence electrons. The van der Waals surface area contributed by atoms with Gasteiger partial charge in [-0.3, -0.25) is 9.89 Å². The Balaban J connectivity index is 2.46. The molecular formula is C10H10N4O3. The van der Waals surface area contributed by atoms with Crippen LogP contribution in [0.3, 0.4) is 0 Å². The molecule has 0 aliphatic rings. The molecule has 7 nitrogen and oxygen atoms in total. The highest BCUT2D eigenvalue weighted by Gasteiger charge is 2.12. The Morgan fingerprint density at radius 1 is 1.41 bits per heavy atom. The van der Waals surface area contributed by atoms with Gasteiger partial charge in [0.05, 0.1) is 12.8 Å². The fraction of sp³-hybridized carbons (Fsp3) is 0.200. The second-order valence-electron chi connectivity index (χ2n) is 3.37. The van der Waals surface area contributed by atoms with Crippen molar-refractivity contribution >= 4 is 5.97 Å². The first-order chi connectivity index (χ1) is 8.11. The molecule has 2 aromatic rings. The number of methoxy groups -OCH3 is 1. The molecule has 2 rings (SSSR count). The molecular weight excluding hydrogens is 224 g/mol. The number of H-pyrrole nitrogens is 1. The number of carbonyl (C=O) groups excluding carboxylic acids is 1. The lowest BCUT2D eigenvalue weighted by atomic mass is 10.4. The quantitative estimate of drug-likeness (QED) is 0.741. The van der Waals surface area contributed by atoms with Crippen LogP contribution in [0.2, 0.25) is 0 Å². The van der Waals surface area contributed by atoms with Crippen molar-refractivity contribution in [1.29, 1.82) is 0 Å². The predicted molar refractivity (Wildman–Crippen MR) is 58.1 cm³/mol. The Bertz CT molecular complexity index is 597. The standard InChI is InChI=1S/C10H10N4O3/c1-6-3-4-8(12-11-6)14-9(15)5-7(13-14)10(16)17-2/h3-5,13H,1-2H3. The fourth-order valence-corrected chi connectivity index (χ4v) is 1.29. The Hall–Kier alpha value is -2.44. The van der Waals surface area contributed by atoms with Crippen molar-refractivity contribution in [2.24, 2.45) is 0 Å².